The maximum Gasteiger partial charge on any atom is 0.341 e. The number of ether oxygens (including phenoxy) is 1. The Balaban J connectivity index is 1.70. The third-order valence-electron chi connectivity index (χ3n) is 3.82. The number of benzene rings is 1. The Labute approximate surface area is 123 Å². The van der Waals surface area contributed by atoms with Crippen LogP contribution in [0.4, 0.5) is 0 Å². The molecule has 1 aromatic carbocycles. The van der Waals surface area contributed by atoms with Gasteiger partial charge in [0.05, 0.1) is 11.7 Å². The van der Waals surface area contributed by atoms with Crippen LogP contribution in [0.2, 0.25) is 0 Å². The Hall–Kier alpha value is -2.30. The number of carboxylic acid groups (broad SMARTS) is 1. The van der Waals surface area contributed by atoms with Crippen LogP contribution in [0, 0.1) is 0 Å². The third-order valence-corrected chi connectivity index (χ3v) is 3.82. The summed E-state index contributed by atoms with van der Waals surface area (Å²) in [5.41, 5.74) is 1.95. The third kappa shape index (κ3) is 3.24. The van der Waals surface area contributed by atoms with Gasteiger partial charge in [-0.2, -0.15) is 5.10 Å². The molecule has 1 N–H and O–H groups in total. The lowest BCUT2D eigenvalue weighted by Crippen LogP contribution is -2.09. The summed E-state index contributed by atoms with van der Waals surface area (Å²) in [4.78, 5) is 10.5. The van der Waals surface area contributed by atoms with Crippen molar-refractivity contribution in [1.82, 2.24) is 9.78 Å². The van der Waals surface area contributed by atoms with E-state index >= 15 is 0 Å². The van der Waals surface area contributed by atoms with Crippen molar-refractivity contribution in [2.75, 3.05) is 6.61 Å². The Morgan fingerprint density at radius 1 is 1.24 bits per heavy atom. The summed E-state index contributed by atoms with van der Waals surface area (Å²) in [5, 5.41) is 13.2. The highest BCUT2D eigenvalue weighted by Gasteiger charge is 2.17. The van der Waals surface area contributed by atoms with E-state index in [-0.39, 0.29) is 6.61 Å². The van der Waals surface area contributed by atoms with Gasteiger partial charge in [-0.25, -0.2) is 4.79 Å². The van der Waals surface area contributed by atoms with Gasteiger partial charge in [-0.15, -0.1) is 0 Å². The number of carboxylic acids is 1. The fourth-order valence-corrected chi connectivity index (χ4v) is 2.73. The highest BCUT2D eigenvalue weighted by atomic mass is 16.5. The van der Waals surface area contributed by atoms with E-state index in [1.807, 2.05) is 24.4 Å². The van der Waals surface area contributed by atoms with Crippen molar-refractivity contribution in [2.45, 2.75) is 31.7 Å². The number of aliphatic carboxylic acids is 1. The lowest BCUT2D eigenvalue weighted by Gasteiger charge is -2.09. The number of aromatic nitrogens is 2. The molecule has 0 radical (unpaired) electrons. The minimum atomic E-state index is -0.977. The van der Waals surface area contributed by atoms with Crippen molar-refractivity contribution in [3.8, 4) is 17.0 Å². The predicted molar refractivity (Wildman–Crippen MR) is 78.3 cm³/mol. The van der Waals surface area contributed by atoms with E-state index in [4.69, 9.17) is 9.84 Å². The molecule has 1 aliphatic rings. The SMILES string of the molecule is O=C(O)COc1ccc(-c2ccn(C3CCCC3)n2)cc1. The van der Waals surface area contributed by atoms with Crippen molar-refractivity contribution >= 4 is 5.97 Å². The van der Waals surface area contributed by atoms with Crippen LogP contribution >= 0.6 is 0 Å². The topological polar surface area (TPSA) is 64.3 Å². The Morgan fingerprint density at radius 2 is 1.95 bits per heavy atom. The van der Waals surface area contributed by atoms with Gasteiger partial charge >= 0.3 is 5.97 Å². The quantitative estimate of drug-likeness (QED) is 0.917. The summed E-state index contributed by atoms with van der Waals surface area (Å²) in [6, 6.07) is 9.90. The molecule has 1 aromatic heterocycles. The molecule has 5 nitrogen and oxygen atoms in total. The van der Waals surface area contributed by atoms with E-state index < -0.39 is 5.97 Å². The smallest absolute Gasteiger partial charge is 0.341 e. The van der Waals surface area contributed by atoms with Crippen LogP contribution in [0.15, 0.2) is 36.5 Å². The average molecular weight is 286 g/mol. The number of hydrogen-bond donors (Lipinski definition) is 1. The number of rotatable bonds is 5. The molecule has 1 heterocycles. The van der Waals surface area contributed by atoms with Crippen molar-refractivity contribution in [1.29, 1.82) is 0 Å². The summed E-state index contributed by atoms with van der Waals surface area (Å²) in [7, 11) is 0. The van der Waals surface area contributed by atoms with E-state index in [1.165, 1.54) is 25.7 Å². The van der Waals surface area contributed by atoms with Gasteiger partial charge in [-0.1, -0.05) is 12.8 Å². The van der Waals surface area contributed by atoms with Crippen LogP contribution in [0.3, 0.4) is 0 Å². The number of carbonyl (C=O) groups is 1. The summed E-state index contributed by atoms with van der Waals surface area (Å²) < 4.78 is 7.19. The van der Waals surface area contributed by atoms with Crippen molar-refractivity contribution in [2.24, 2.45) is 0 Å². The zero-order chi connectivity index (χ0) is 14.7. The van der Waals surface area contributed by atoms with E-state index in [0.29, 0.717) is 11.8 Å². The first kappa shape index (κ1) is 13.7. The molecule has 0 aliphatic heterocycles. The van der Waals surface area contributed by atoms with Crippen LogP contribution in [0.25, 0.3) is 11.3 Å². The van der Waals surface area contributed by atoms with Crippen molar-refractivity contribution < 1.29 is 14.6 Å². The van der Waals surface area contributed by atoms with Crippen LogP contribution in [-0.2, 0) is 4.79 Å². The van der Waals surface area contributed by atoms with Crippen molar-refractivity contribution in [3.05, 3.63) is 36.5 Å². The molecule has 1 fully saturated rings. The first-order chi connectivity index (χ1) is 10.2. The van der Waals surface area contributed by atoms with Gasteiger partial charge in [-0.3, -0.25) is 4.68 Å². The first-order valence-corrected chi connectivity index (χ1v) is 7.22. The molecule has 0 saturated heterocycles. The fraction of sp³-hybridized carbons (Fsp3) is 0.375. The van der Waals surface area contributed by atoms with Gasteiger partial charge in [0.25, 0.3) is 0 Å². The second kappa shape index (κ2) is 5.99. The van der Waals surface area contributed by atoms with Crippen LogP contribution in [0.5, 0.6) is 5.75 Å². The molecule has 21 heavy (non-hydrogen) atoms. The maximum atomic E-state index is 10.5. The predicted octanol–water partition coefficient (Wildman–Crippen LogP) is 3.13. The van der Waals surface area contributed by atoms with Crippen LogP contribution < -0.4 is 4.74 Å². The number of hydrogen-bond acceptors (Lipinski definition) is 3. The first-order valence-electron chi connectivity index (χ1n) is 7.22. The van der Waals surface area contributed by atoms with Gasteiger partial charge in [0.1, 0.15) is 5.75 Å². The molecule has 110 valence electrons. The summed E-state index contributed by atoms with van der Waals surface area (Å²) in [6.07, 6.45) is 7.04. The maximum absolute atomic E-state index is 10.5. The Bertz CT molecular complexity index is 613. The normalized spacial score (nSPS) is 15.2. The molecule has 1 saturated carbocycles. The molecule has 1 aliphatic carbocycles. The molecule has 0 atom stereocenters. The fourth-order valence-electron chi connectivity index (χ4n) is 2.73. The van der Waals surface area contributed by atoms with Gasteiger partial charge in [0, 0.05) is 11.8 Å². The van der Waals surface area contributed by atoms with Crippen molar-refractivity contribution in [3.63, 3.8) is 0 Å². The minimum absolute atomic E-state index is 0.324. The molecule has 2 aromatic rings. The average Bonchev–Trinajstić information content (AvgIpc) is 3.16. The summed E-state index contributed by atoms with van der Waals surface area (Å²) in [6.45, 7) is -0.324. The molecular weight excluding hydrogens is 268 g/mol. The lowest BCUT2D eigenvalue weighted by molar-refractivity contribution is -0.139. The lowest BCUT2D eigenvalue weighted by atomic mass is 10.1. The second-order valence-corrected chi connectivity index (χ2v) is 5.33. The molecule has 5 heteroatoms. The zero-order valence-corrected chi connectivity index (χ0v) is 11.7. The summed E-state index contributed by atoms with van der Waals surface area (Å²) in [5.74, 6) is -0.425. The van der Waals surface area contributed by atoms with Gasteiger partial charge in [0.15, 0.2) is 6.61 Å². The molecule has 0 bridgehead atoms. The molecule has 3 rings (SSSR count). The highest BCUT2D eigenvalue weighted by Crippen LogP contribution is 2.30. The Morgan fingerprint density at radius 3 is 2.62 bits per heavy atom. The van der Waals surface area contributed by atoms with Gasteiger partial charge in [-0.05, 0) is 43.2 Å². The Kier molecular flexibility index (Phi) is 3.90. The molecule has 0 spiro atoms. The van der Waals surface area contributed by atoms with E-state index in [0.717, 1.165) is 11.3 Å². The zero-order valence-electron chi connectivity index (χ0n) is 11.7. The summed E-state index contributed by atoms with van der Waals surface area (Å²) >= 11 is 0. The molecule has 0 amide bonds. The van der Waals surface area contributed by atoms with Gasteiger partial charge in [0.2, 0.25) is 0 Å². The highest BCUT2D eigenvalue weighted by molar-refractivity contribution is 5.68. The standard InChI is InChI=1S/C16H18N2O3/c19-16(20)11-21-14-7-5-12(6-8-14)15-9-10-18(17-15)13-3-1-2-4-13/h5-10,13H,1-4,11H2,(H,19,20). The van der Waals surface area contributed by atoms with E-state index in [2.05, 4.69) is 9.78 Å². The van der Waals surface area contributed by atoms with Crippen LogP contribution in [0.1, 0.15) is 31.7 Å². The van der Waals surface area contributed by atoms with Gasteiger partial charge < -0.3 is 9.84 Å². The second-order valence-electron chi connectivity index (χ2n) is 5.33. The van der Waals surface area contributed by atoms with E-state index in [1.54, 1.807) is 12.1 Å². The molecule has 0 unspecified atom stereocenters. The molecular formula is C16H18N2O3. The monoisotopic (exact) mass is 286 g/mol. The number of nitrogens with zero attached hydrogens (tertiary/aromatic N) is 2. The van der Waals surface area contributed by atoms with Crippen LogP contribution in [-0.4, -0.2) is 27.5 Å². The minimum Gasteiger partial charge on any atom is -0.482 e. The largest absolute Gasteiger partial charge is 0.482 e. The van der Waals surface area contributed by atoms with E-state index in [9.17, 15) is 4.79 Å².